The average Bonchev–Trinajstić information content (AvgIpc) is 3.20. The zero-order valence-corrected chi connectivity index (χ0v) is 20.1. The van der Waals surface area contributed by atoms with Gasteiger partial charge >= 0.3 is 0 Å². The van der Waals surface area contributed by atoms with Crippen LogP contribution in [0, 0.1) is 6.92 Å². The summed E-state index contributed by atoms with van der Waals surface area (Å²) in [7, 11) is -1.97. The molecule has 0 radical (unpaired) electrons. The van der Waals surface area contributed by atoms with Crippen molar-refractivity contribution in [3.05, 3.63) is 95.7 Å². The van der Waals surface area contributed by atoms with Crippen molar-refractivity contribution in [1.82, 2.24) is 9.88 Å². The van der Waals surface area contributed by atoms with Crippen LogP contribution in [0.25, 0.3) is 10.9 Å². The number of nitrogens with zero attached hydrogens (tertiary/aromatic N) is 1. The highest BCUT2D eigenvalue weighted by Crippen LogP contribution is 2.28. The molecule has 1 amide bonds. The van der Waals surface area contributed by atoms with Crippen molar-refractivity contribution in [3.63, 3.8) is 0 Å². The highest BCUT2D eigenvalue weighted by molar-refractivity contribution is 7.90. The Bertz CT molecular complexity index is 1410. The normalized spacial score (nSPS) is 11.5. The van der Waals surface area contributed by atoms with E-state index >= 15 is 0 Å². The smallest absolute Gasteiger partial charge is 0.239 e. The molecule has 0 saturated carbocycles. The molecule has 6 nitrogen and oxygen atoms in total. The predicted molar refractivity (Wildman–Crippen MR) is 134 cm³/mol. The van der Waals surface area contributed by atoms with Crippen LogP contribution in [0.2, 0.25) is 0 Å². The number of fused-ring (bicyclic) bond motifs is 1. The fourth-order valence-corrected chi connectivity index (χ4v) is 5.61. The number of nitrogens with one attached hydrogen (secondary N) is 1. The van der Waals surface area contributed by atoms with E-state index in [-0.39, 0.29) is 23.1 Å². The van der Waals surface area contributed by atoms with Gasteiger partial charge < -0.3 is 14.6 Å². The first-order valence-corrected chi connectivity index (χ1v) is 12.8. The highest BCUT2D eigenvalue weighted by atomic mass is 32.2. The van der Waals surface area contributed by atoms with Crippen LogP contribution in [0.15, 0.2) is 83.9 Å². The third-order valence-electron chi connectivity index (χ3n) is 5.79. The SMILES string of the molecule is COc1ccccc1CCNC(=O)Cn1cc(S(=O)(=O)Cc2ccc(C)cc2)c2ccccc21. The number of rotatable bonds is 9. The van der Waals surface area contributed by atoms with Gasteiger partial charge in [0, 0.05) is 23.6 Å². The first-order valence-electron chi connectivity index (χ1n) is 11.1. The van der Waals surface area contributed by atoms with Gasteiger partial charge in [0.15, 0.2) is 9.84 Å². The summed E-state index contributed by atoms with van der Waals surface area (Å²) in [6.45, 7) is 2.46. The van der Waals surface area contributed by atoms with E-state index in [9.17, 15) is 13.2 Å². The first kappa shape index (κ1) is 23.6. The molecule has 4 aromatic rings. The van der Waals surface area contributed by atoms with Crippen LogP contribution in [-0.2, 0) is 33.4 Å². The number of para-hydroxylation sites is 2. The average molecular weight is 477 g/mol. The molecule has 3 aromatic carbocycles. The summed E-state index contributed by atoms with van der Waals surface area (Å²) in [6.07, 6.45) is 2.21. The van der Waals surface area contributed by atoms with Gasteiger partial charge in [-0.1, -0.05) is 66.2 Å². The maximum Gasteiger partial charge on any atom is 0.239 e. The Morgan fingerprint density at radius 1 is 0.971 bits per heavy atom. The number of benzene rings is 3. The van der Waals surface area contributed by atoms with Crippen molar-refractivity contribution in [2.45, 2.75) is 30.5 Å². The summed E-state index contributed by atoms with van der Waals surface area (Å²) in [5.41, 5.74) is 3.54. The lowest BCUT2D eigenvalue weighted by Crippen LogP contribution is -2.29. The van der Waals surface area contributed by atoms with Crippen LogP contribution >= 0.6 is 0 Å². The van der Waals surface area contributed by atoms with Crippen LogP contribution in [0.3, 0.4) is 0 Å². The van der Waals surface area contributed by atoms with Crippen molar-refractivity contribution >= 4 is 26.6 Å². The maximum atomic E-state index is 13.3. The minimum atomic E-state index is -3.59. The number of carbonyl (C=O) groups excluding carboxylic acids is 1. The molecule has 1 N–H and O–H groups in total. The number of aryl methyl sites for hydroxylation is 1. The van der Waals surface area contributed by atoms with E-state index in [1.165, 1.54) is 0 Å². The molecule has 0 bridgehead atoms. The van der Waals surface area contributed by atoms with Crippen molar-refractivity contribution in [1.29, 1.82) is 0 Å². The quantitative estimate of drug-likeness (QED) is 0.391. The number of amides is 1. The Kier molecular flexibility index (Phi) is 7.03. The summed E-state index contributed by atoms with van der Waals surface area (Å²) in [4.78, 5) is 12.9. The van der Waals surface area contributed by atoms with Gasteiger partial charge in [-0.15, -0.1) is 0 Å². The minimum Gasteiger partial charge on any atom is -0.496 e. The zero-order chi connectivity index (χ0) is 24.1. The number of aromatic nitrogens is 1. The second-order valence-electron chi connectivity index (χ2n) is 8.29. The van der Waals surface area contributed by atoms with Crippen LogP contribution in [0.5, 0.6) is 5.75 Å². The van der Waals surface area contributed by atoms with Gasteiger partial charge in [-0.2, -0.15) is 0 Å². The molecule has 7 heteroatoms. The predicted octanol–water partition coefficient (Wildman–Crippen LogP) is 4.29. The van der Waals surface area contributed by atoms with E-state index in [4.69, 9.17) is 4.74 Å². The van der Waals surface area contributed by atoms with Crippen LogP contribution in [-0.4, -0.2) is 32.5 Å². The van der Waals surface area contributed by atoms with Gasteiger partial charge in [-0.05, 0) is 36.6 Å². The molecular weight excluding hydrogens is 448 g/mol. The van der Waals surface area contributed by atoms with E-state index < -0.39 is 9.84 Å². The Morgan fingerprint density at radius 3 is 2.44 bits per heavy atom. The first-order chi connectivity index (χ1) is 16.4. The number of methoxy groups -OCH3 is 1. The molecule has 0 atom stereocenters. The van der Waals surface area contributed by atoms with Gasteiger partial charge in [0.25, 0.3) is 0 Å². The number of ether oxygens (including phenoxy) is 1. The van der Waals surface area contributed by atoms with Crippen LogP contribution in [0.4, 0.5) is 0 Å². The van der Waals surface area contributed by atoms with Crippen molar-refractivity contribution in [2.75, 3.05) is 13.7 Å². The molecule has 1 aromatic heterocycles. The number of sulfone groups is 1. The standard InChI is InChI=1S/C27H28N2O4S/c1-20-11-13-21(14-12-20)19-34(31,32)26-17-29(24-9-5-4-8-23(24)26)18-27(30)28-16-15-22-7-3-6-10-25(22)33-2/h3-14,17H,15-16,18-19H2,1-2H3,(H,28,30). The summed E-state index contributed by atoms with van der Waals surface area (Å²) >= 11 is 0. The fourth-order valence-electron chi connectivity index (χ4n) is 4.03. The second kappa shape index (κ2) is 10.1. The third kappa shape index (κ3) is 5.31. The number of hydrogen-bond acceptors (Lipinski definition) is 4. The van der Waals surface area contributed by atoms with E-state index in [2.05, 4.69) is 5.32 Å². The molecule has 1 heterocycles. The molecule has 0 fully saturated rings. The Hall–Kier alpha value is -3.58. The number of hydrogen-bond donors (Lipinski definition) is 1. The van der Waals surface area contributed by atoms with Crippen LogP contribution in [0.1, 0.15) is 16.7 Å². The molecule has 4 rings (SSSR count). The van der Waals surface area contributed by atoms with Gasteiger partial charge in [0.2, 0.25) is 5.91 Å². The van der Waals surface area contributed by atoms with Crippen molar-refractivity contribution in [3.8, 4) is 5.75 Å². The highest BCUT2D eigenvalue weighted by Gasteiger charge is 2.22. The Labute approximate surface area is 200 Å². The van der Waals surface area contributed by atoms with Crippen molar-refractivity contribution < 1.29 is 17.9 Å². The molecule has 0 aliphatic heterocycles. The molecule has 0 spiro atoms. The fraction of sp³-hybridized carbons (Fsp3) is 0.222. The largest absolute Gasteiger partial charge is 0.496 e. The summed E-state index contributed by atoms with van der Waals surface area (Å²) in [5, 5.41) is 3.55. The number of carbonyl (C=O) groups is 1. The molecule has 0 saturated heterocycles. The Balaban J connectivity index is 1.50. The van der Waals surface area contributed by atoms with Gasteiger partial charge in [0.1, 0.15) is 12.3 Å². The minimum absolute atomic E-state index is 0.0342. The van der Waals surface area contributed by atoms with E-state index in [0.29, 0.717) is 23.9 Å². The Morgan fingerprint density at radius 2 is 1.68 bits per heavy atom. The molecule has 176 valence electrons. The van der Waals surface area contributed by atoms with Gasteiger partial charge in [-0.3, -0.25) is 4.79 Å². The molecule has 0 unspecified atom stereocenters. The van der Waals surface area contributed by atoms with Crippen LogP contribution < -0.4 is 10.1 Å². The zero-order valence-electron chi connectivity index (χ0n) is 19.3. The lowest BCUT2D eigenvalue weighted by atomic mass is 10.1. The van der Waals surface area contributed by atoms with Gasteiger partial charge in [-0.25, -0.2) is 8.42 Å². The lowest BCUT2D eigenvalue weighted by molar-refractivity contribution is -0.121. The lowest BCUT2D eigenvalue weighted by Gasteiger charge is -2.10. The summed E-state index contributed by atoms with van der Waals surface area (Å²) in [5.74, 6) is 0.515. The van der Waals surface area contributed by atoms with Gasteiger partial charge in [0.05, 0.1) is 17.8 Å². The second-order valence-corrected chi connectivity index (χ2v) is 10.3. The summed E-state index contributed by atoms with van der Waals surface area (Å²) < 4.78 is 33.6. The molecular formula is C27H28N2O4S. The third-order valence-corrected chi connectivity index (χ3v) is 7.50. The molecule has 0 aliphatic rings. The van der Waals surface area contributed by atoms with E-state index in [1.54, 1.807) is 23.9 Å². The van der Waals surface area contributed by atoms with E-state index in [0.717, 1.165) is 22.4 Å². The monoisotopic (exact) mass is 476 g/mol. The van der Waals surface area contributed by atoms with Crippen molar-refractivity contribution in [2.24, 2.45) is 0 Å². The molecule has 0 aliphatic carbocycles. The topological polar surface area (TPSA) is 77.4 Å². The van der Waals surface area contributed by atoms with E-state index in [1.807, 2.05) is 73.7 Å². The maximum absolute atomic E-state index is 13.3. The summed E-state index contributed by atoms with van der Waals surface area (Å²) in [6, 6.07) is 22.5. The molecule has 34 heavy (non-hydrogen) atoms.